The van der Waals surface area contributed by atoms with Crippen LogP contribution in [-0.4, -0.2) is 50.3 Å². The Morgan fingerprint density at radius 3 is 2.42 bits per heavy atom. The Balaban J connectivity index is 2.21. The van der Waals surface area contributed by atoms with Gasteiger partial charge in [-0.05, 0) is 40.7 Å². The number of halogens is 2. The van der Waals surface area contributed by atoms with E-state index in [1.54, 1.807) is 0 Å². The average Bonchev–Trinajstić information content (AvgIpc) is 2.41. The summed E-state index contributed by atoms with van der Waals surface area (Å²) in [6.45, 7) is 5.31. The van der Waals surface area contributed by atoms with Crippen molar-refractivity contribution in [1.82, 2.24) is 9.21 Å². The van der Waals surface area contributed by atoms with Gasteiger partial charge in [-0.25, -0.2) is 12.8 Å². The molecule has 2 rings (SSSR count). The molecule has 0 atom stereocenters. The highest BCUT2D eigenvalue weighted by atomic mass is 79.9. The van der Waals surface area contributed by atoms with E-state index in [-0.39, 0.29) is 9.37 Å². The lowest BCUT2D eigenvalue weighted by Gasteiger charge is -2.33. The molecule has 1 fully saturated rings. The maximum absolute atomic E-state index is 13.5. The van der Waals surface area contributed by atoms with E-state index < -0.39 is 15.8 Å². The highest BCUT2D eigenvalue weighted by Gasteiger charge is 2.28. The van der Waals surface area contributed by atoms with E-state index in [4.69, 9.17) is 0 Å². The molecule has 7 heteroatoms. The quantitative estimate of drug-likeness (QED) is 0.836. The molecule has 4 nitrogen and oxygen atoms in total. The van der Waals surface area contributed by atoms with E-state index in [0.717, 1.165) is 25.7 Å². The Kier molecular flexibility index (Phi) is 4.60. The van der Waals surface area contributed by atoms with Crippen molar-refractivity contribution in [2.24, 2.45) is 0 Å². The molecule has 0 radical (unpaired) electrons. The van der Waals surface area contributed by atoms with E-state index in [9.17, 15) is 12.8 Å². The fourth-order valence-electron chi connectivity index (χ4n) is 2.07. The molecular formula is C12H16BrFN2O2S. The number of piperazine rings is 1. The van der Waals surface area contributed by atoms with E-state index in [1.165, 1.54) is 16.4 Å². The summed E-state index contributed by atoms with van der Waals surface area (Å²) in [5, 5.41) is 0. The van der Waals surface area contributed by atoms with Crippen LogP contribution in [0.15, 0.2) is 27.6 Å². The summed E-state index contributed by atoms with van der Waals surface area (Å²) >= 11 is 3.02. The second kappa shape index (κ2) is 5.87. The molecule has 1 aromatic carbocycles. The molecule has 1 saturated heterocycles. The van der Waals surface area contributed by atoms with E-state index in [2.05, 4.69) is 20.8 Å². The van der Waals surface area contributed by atoms with Crippen molar-refractivity contribution in [3.8, 4) is 0 Å². The first-order valence-corrected chi connectivity index (χ1v) is 8.36. The minimum Gasteiger partial charge on any atom is -0.301 e. The number of likely N-dealkylation sites (N-methyl/N-ethyl adjacent to an activating group) is 1. The van der Waals surface area contributed by atoms with E-state index >= 15 is 0 Å². The topological polar surface area (TPSA) is 40.6 Å². The third kappa shape index (κ3) is 3.16. The molecule has 0 aromatic heterocycles. The molecular weight excluding hydrogens is 335 g/mol. The van der Waals surface area contributed by atoms with Gasteiger partial charge in [0.25, 0.3) is 0 Å². The second-order valence-electron chi connectivity index (χ2n) is 4.41. The molecule has 0 unspecified atom stereocenters. The summed E-state index contributed by atoms with van der Waals surface area (Å²) in [5.74, 6) is -0.562. The fraction of sp³-hybridized carbons (Fsp3) is 0.500. The van der Waals surface area contributed by atoms with Gasteiger partial charge < -0.3 is 4.90 Å². The van der Waals surface area contributed by atoms with Crippen LogP contribution < -0.4 is 0 Å². The molecule has 1 heterocycles. The van der Waals surface area contributed by atoms with Crippen molar-refractivity contribution < 1.29 is 12.8 Å². The molecule has 106 valence electrons. The third-order valence-corrected chi connectivity index (χ3v) is 5.85. The number of sulfonamides is 1. The SMILES string of the molecule is CCN1CCN(S(=O)(=O)c2ccc(Br)c(F)c2)CC1. The number of rotatable bonds is 3. The summed E-state index contributed by atoms with van der Waals surface area (Å²) in [5.41, 5.74) is 0. The molecule has 19 heavy (non-hydrogen) atoms. The maximum Gasteiger partial charge on any atom is 0.243 e. The smallest absolute Gasteiger partial charge is 0.243 e. The highest BCUT2D eigenvalue weighted by Crippen LogP contribution is 2.22. The van der Waals surface area contributed by atoms with Gasteiger partial charge in [0.2, 0.25) is 10.0 Å². The van der Waals surface area contributed by atoms with Crippen molar-refractivity contribution in [1.29, 1.82) is 0 Å². The minimum atomic E-state index is -3.59. The van der Waals surface area contributed by atoms with Gasteiger partial charge in [-0.2, -0.15) is 4.31 Å². The van der Waals surface area contributed by atoms with Gasteiger partial charge in [-0.15, -0.1) is 0 Å². The highest BCUT2D eigenvalue weighted by molar-refractivity contribution is 9.10. The standard InChI is InChI=1S/C12H16BrFN2O2S/c1-2-15-5-7-16(8-6-15)19(17,18)10-3-4-11(13)12(14)9-10/h3-4,9H,2,5-8H2,1H3. The summed E-state index contributed by atoms with van der Waals surface area (Å²) in [6.07, 6.45) is 0. The van der Waals surface area contributed by atoms with Gasteiger partial charge in [0, 0.05) is 26.2 Å². The molecule has 1 aliphatic rings. The number of nitrogens with zero attached hydrogens (tertiary/aromatic N) is 2. The predicted molar refractivity (Wildman–Crippen MR) is 75.0 cm³/mol. The Bertz CT molecular complexity index is 557. The van der Waals surface area contributed by atoms with Crippen LogP contribution in [0.2, 0.25) is 0 Å². The van der Waals surface area contributed by atoms with Gasteiger partial charge in [-0.3, -0.25) is 0 Å². The first kappa shape index (κ1) is 14.9. The van der Waals surface area contributed by atoms with Gasteiger partial charge >= 0.3 is 0 Å². The number of hydrogen-bond donors (Lipinski definition) is 0. The number of benzene rings is 1. The fourth-order valence-corrected chi connectivity index (χ4v) is 3.75. The van der Waals surface area contributed by atoms with Crippen LogP contribution in [0.4, 0.5) is 4.39 Å². The molecule has 0 bridgehead atoms. The monoisotopic (exact) mass is 350 g/mol. The predicted octanol–water partition coefficient (Wildman–Crippen LogP) is 1.91. The lowest BCUT2D eigenvalue weighted by Crippen LogP contribution is -2.48. The summed E-state index contributed by atoms with van der Waals surface area (Å²) in [4.78, 5) is 2.20. The van der Waals surface area contributed by atoms with Crippen LogP contribution in [-0.2, 0) is 10.0 Å². The molecule has 1 aromatic rings. The van der Waals surface area contributed by atoms with Gasteiger partial charge in [-0.1, -0.05) is 6.92 Å². The average molecular weight is 351 g/mol. The van der Waals surface area contributed by atoms with Crippen LogP contribution in [0, 0.1) is 5.82 Å². The molecule has 0 saturated carbocycles. The van der Waals surface area contributed by atoms with Crippen molar-refractivity contribution in [3.05, 3.63) is 28.5 Å². The lowest BCUT2D eigenvalue weighted by molar-refractivity contribution is 0.196. The van der Waals surface area contributed by atoms with E-state index in [0.29, 0.717) is 13.1 Å². The van der Waals surface area contributed by atoms with Crippen molar-refractivity contribution in [3.63, 3.8) is 0 Å². The molecule has 0 aliphatic carbocycles. The Labute approximate surface area is 121 Å². The molecule has 0 N–H and O–H groups in total. The van der Waals surface area contributed by atoms with Gasteiger partial charge in [0.05, 0.1) is 9.37 Å². The van der Waals surface area contributed by atoms with Gasteiger partial charge in [0.15, 0.2) is 0 Å². The second-order valence-corrected chi connectivity index (χ2v) is 7.21. The van der Waals surface area contributed by atoms with Crippen LogP contribution >= 0.6 is 15.9 Å². The zero-order valence-corrected chi connectivity index (χ0v) is 13.0. The van der Waals surface area contributed by atoms with Crippen molar-refractivity contribution in [2.75, 3.05) is 32.7 Å². The molecule has 0 amide bonds. The molecule has 0 spiro atoms. The Morgan fingerprint density at radius 2 is 1.89 bits per heavy atom. The third-order valence-electron chi connectivity index (χ3n) is 3.31. The van der Waals surface area contributed by atoms with Crippen LogP contribution in [0.3, 0.4) is 0 Å². The van der Waals surface area contributed by atoms with Crippen molar-refractivity contribution >= 4 is 26.0 Å². The van der Waals surface area contributed by atoms with Crippen LogP contribution in [0.5, 0.6) is 0 Å². The van der Waals surface area contributed by atoms with Gasteiger partial charge in [0.1, 0.15) is 5.82 Å². The lowest BCUT2D eigenvalue weighted by atomic mass is 10.3. The summed E-state index contributed by atoms with van der Waals surface area (Å²) in [7, 11) is -3.59. The first-order chi connectivity index (χ1) is 8.95. The summed E-state index contributed by atoms with van der Waals surface area (Å²) < 4.78 is 39.9. The van der Waals surface area contributed by atoms with Crippen LogP contribution in [0.1, 0.15) is 6.92 Å². The molecule has 1 aliphatic heterocycles. The Hall–Kier alpha value is -0.500. The normalized spacial score (nSPS) is 18.7. The zero-order chi connectivity index (χ0) is 14.0. The summed E-state index contributed by atoms with van der Waals surface area (Å²) in [6, 6.07) is 3.91. The van der Waals surface area contributed by atoms with Crippen molar-refractivity contribution in [2.45, 2.75) is 11.8 Å². The number of hydrogen-bond acceptors (Lipinski definition) is 3. The zero-order valence-electron chi connectivity index (χ0n) is 10.6. The van der Waals surface area contributed by atoms with E-state index in [1.807, 2.05) is 6.92 Å². The van der Waals surface area contributed by atoms with Crippen LogP contribution in [0.25, 0.3) is 0 Å². The largest absolute Gasteiger partial charge is 0.301 e. The first-order valence-electron chi connectivity index (χ1n) is 6.12. The Morgan fingerprint density at radius 1 is 1.26 bits per heavy atom. The minimum absolute atomic E-state index is 0.0122. The maximum atomic E-state index is 13.5.